The van der Waals surface area contributed by atoms with Crippen LogP contribution in [0, 0.1) is 6.92 Å². The fourth-order valence-corrected chi connectivity index (χ4v) is 4.15. The molecule has 11 nitrogen and oxygen atoms in total. The van der Waals surface area contributed by atoms with Crippen LogP contribution in [0.4, 0.5) is 23.4 Å². The van der Waals surface area contributed by atoms with E-state index in [1.54, 1.807) is 13.3 Å². The lowest BCUT2D eigenvalue weighted by molar-refractivity contribution is 0.198. The topological polar surface area (TPSA) is 130 Å². The van der Waals surface area contributed by atoms with E-state index in [1.165, 1.54) is 0 Å². The van der Waals surface area contributed by atoms with E-state index >= 15 is 0 Å². The third kappa shape index (κ3) is 5.40. The quantitative estimate of drug-likeness (QED) is 0.288. The Morgan fingerprint density at radius 2 is 2.06 bits per heavy atom. The fraction of sp³-hybridized carbons (Fsp3) is 0.375. The first-order chi connectivity index (χ1) is 17.2. The number of pyridine rings is 1. The molecule has 1 unspecified atom stereocenters. The van der Waals surface area contributed by atoms with Gasteiger partial charge in [-0.25, -0.2) is 0 Å². The van der Waals surface area contributed by atoms with Crippen LogP contribution in [-0.4, -0.2) is 57.1 Å². The summed E-state index contributed by atoms with van der Waals surface area (Å²) >= 11 is 0. The van der Waals surface area contributed by atoms with E-state index in [4.69, 9.17) is 19.2 Å². The Bertz CT molecular complexity index is 1240. The third-order valence-electron chi connectivity index (χ3n) is 5.80. The molecule has 1 aliphatic rings. The fourth-order valence-electron chi connectivity index (χ4n) is 4.15. The van der Waals surface area contributed by atoms with Crippen molar-refractivity contribution in [3.05, 3.63) is 54.0 Å². The van der Waals surface area contributed by atoms with Crippen LogP contribution in [0.3, 0.4) is 0 Å². The summed E-state index contributed by atoms with van der Waals surface area (Å²) in [6.07, 6.45) is 4.55. The molecular formula is C24H29N9O2. The first-order valence-corrected chi connectivity index (χ1v) is 11.7. The molecule has 0 aromatic carbocycles. The third-order valence-corrected chi connectivity index (χ3v) is 5.80. The molecule has 35 heavy (non-hydrogen) atoms. The molecule has 0 amide bonds. The van der Waals surface area contributed by atoms with Crippen LogP contribution in [0.15, 0.2) is 47.1 Å². The maximum Gasteiger partial charge on any atom is 0.229 e. The molecular weight excluding hydrogens is 446 g/mol. The summed E-state index contributed by atoms with van der Waals surface area (Å²) in [6, 6.07) is 11.5. The van der Waals surface area contributed by atoms with Gasteiger partial charge in [-0.3, -0.25) is 10.1 Å². The van der Waals surface area contributed by atoms with Crippen molar-refractivity contribution in [3.8, 4) is 11.4 Å². The monoisotopic (exact) mass is 475 g/mol. The summed E-state index contributed by atoms with van der Waals surface area (Å²) in [5, 5.41) is 18.1. The molecule has 3 N–H and O–H groups in total. The van der Waals surface area contributed by atoms with Gasteiger partial charge < -0.3 is 24.8 Å². The molecule has 0 bridgehead atoms. The van der Waals surface area contributed by atoms with Gasteiger partial charge in [0.25, 0.3) is 0 Å². The Hall–Kier alpha value is -3.99. The lowest BCUT2D eigenvalue weighted by Crippen LogP contribution is -2.25. The highest BCUT2D eigenvalue weighted by molar-refractivity contribution is 5.60. The minimum Gasteiger partial charge on any atom is -0.385 e. The number of nitrogens with zero attached hydrogens (tertiary/aromatic N) is 6. The van der Waals surface area contributed by atoms with Crippen molar-refractivity contribution in [2.45, 2.75) is 32.2 Å². The van der Waals surface area contributed by atoms with Gasteiger partial charge in [0, 0.05) is 56.9 Å². The predicted molar refractivity (Wildman–Crippen MR) is 133 cm³/mol. The van der Waals surface area contributed by atoms with Crippen LogP contribution >= 0.6 is 0 Å². The van der Waals surface area contributed by atoms with Crippen molar-refractivity contribution in [3.63, 3.8) is 0 Å². The average Bonchev–Trinajstić information content (AvgIpc) is 3.63. The lowest BCUT2D eigenvalue weighted by Gasteiger charge is -2.23. The second-order valence-corrected chi connectivity index (χ2v) is 8.45. The summed E-state index contributed by atoms with van der Waals surface area (Å²) in [5.74, 6) is 3.49. The zero-order valence-electron chi connectivity index (χ0n) is 19.9. The van der Waals surface area contributed by atoms with E-state index in [-0.39, 0.29) is 6.04 Å². The molecule has 1 atom stereocenters. The smallest absolute Gasteiger partial charge is 0.229 e. The number of anilines is 4. The van der Waals surface area contributed by atoms with Crippen LogP contribution in [-0.2, 0) is 4.74 Å². The Morgan fingerprint density at radius 3 is 2.86 bits per heavy atom. The van der Waals surface area contributed by atoms with Crippen molar-refractivity contribution >= 4 is 23.4 Å². The zero-order valence-corrected chi connectivity index (χ0v) is 19.9. The molecule has 5 heterocycles. The Labute approximate surface area is 203 Å². The molecule has 1 saturated heterocycles. The van der Waals surface area contributed by atoms with Crippen molar-refractivity contribution < 1.29 is 9.26 Å². The van der Waals surface area contributed by atoms with E-state index in [1.807, 2.05) is 43.3 Å². The van der Waals surface area contributed by atoms with Crippen molar-refractivity contribution in [1.29, 1.82) is 0 Å². The molecule has 5 rings (SSSR count). The van der Waals surface area contributed by atoms with Gasteiger partial charge in [-0.05, 0) is 38.3 Å². The maximum absolute atomic E-state index is 5.76. The van der Waals surface area contributed by atoms with Gasteiger partial charge in [0.2, 0.25) is 5.95 Å². The van der Waals surface area contributed by atoms with Crippen molar-refractivity contribution in [2.24, 2.45) is 0 Å². The molecule has 182 valence electrons. The minimum atomic E-state index is -0.0100. The first-order valence-electron chi connectivity index (χ1n) is 11.7. The van der Waals surface area contributed by atoms with Crippen molar-refractivity contribution in [2.75, 3.05) is 42.3 Å². The largest absolute Gasteiger partial charge is 0.385 e. The highest BCUT2D eigenvalue weighted by Crippen LogP contribution is 2.37. The number of rotatable bonds is 10. The lowest BCUT2D eigenvalue weighted by atomic mass is 10.1. The Balaban J connectivity index is 1.41. The van der Waals surface area contributed by atoms with Crippen molar-refractivity contribution in [1.82, 2.24) is 30.3 Å². The summed E-state index contributed by atoms with van der Waals surface area (Å²) in [4.78, 5) is 16.2. The molecule has 4 aromatic heterocycles. The molecule has 4 aromatic rings. The summed E-state index contributed by atoms with van der Waals surface area (Å²) in [7, 11) is 1.70. The normalized spacial score (nSPS) is 15.5. The number of nitrogens with one attached hydrogen (secondary N) is 3. The van der Waals surface area contributed by atoms with E-state index in [0.29, 0.717) is 24.2 Å². The van der Waals surface area contributed by atoms with E-state index in [9.17, 15) is 0 Å². The number of hydrogen-bond acceptors (Lipinski definition) is 10. The van der Waals surface area contributed by atoms with Gasteiger partial charge in [-0.2, -0.15) is 15.1 Å². The SMILES string of the molecule is COCCCNc1cc(Nc2cc(C)[nH]n2)nc(N2CCCC2c2cc(-c3ccccn3)no2)n1. The highest BCUT2D eigenvalue weighted by Gasteiger charge is 2.32. The van der Waals surface area contributed by atoms with Gasteiger partial charge in [0.05, 0.1) is 11.7 Å². The zero-order chi connectivity index (χ0) is 24.0. The second-order valence-electron chi connectivity index (χ2n) is 8.45. The average molecular weight is 476 g/mol. The molecule has 1 aliphatic heterocycles. The summed E-state index contributed by atoms with van der Waals surface area (Å²) < 4.78 is 10.9. The Morgan fingerprint density at radius 1 is 1.14 bits per heavy atom. The minimum absolute atomic E-state index is 0.0100. The van der Waals surface area contributed by atoms with Gasteiger partial charge >= 0.3 is 0 Å². The predicted octanol–water partition coefficient (Wildman–Crippen LogP) is 4.09. The van der Waals surface area contributed by atoms with Crippen LogP contribution in [0.25, 0.3) is 11.4 Å². The molecule has 11 heteroatoms. The molecule has 0 saturated carbocycles. The van der Waals surface area contributed by atoms with Gasteiger partial charge in [-0.15, -0.1) is 0 Å². The number of ether oxygens (including phenoxy) is 1. The number of aryl methyl sites for hydroxylation is 1. The van der Waals surface area contributed by atoms with Crippen LogP contribution in [0.1, 0.15) is 36.8 Å². The number of aromatic amines is 1. The van der Waals surface area contributed by atoms with Crippen LogP contribution < -0.4 is 15.5 Å². The van der Waals surface area contributed by atoms with Crippen LogP contribution in [0.5, 0.6) is 0 Å². The van der Waals surface area contributed by atoms with E-state index in [0.717, 1.165) is 61.0 Å². The maximum atomic E-state index is 5.76. The summed E-state index contributed by atoms with van der Waals surface area (Å²) in [6.45, 7) is 4.20. The number of methoxy groups -OCH3 is 1. The molecule has 1 fully saturated rings. The number of hydrogen-bond donors (Lipinski definition) is 3. The molecule has 0 aliphatic carbocycles. The standard InChI is InChI=1S/C24H29N9O2/c1-16-13-23(31-30-16)27-22-15-21(26-10-6-12-34-2)28-24(29-22)33-11-5-8-19(33)20-14-18(32-35-20)17-7-3-4-9-25-17/h3-4,7,9,13-15,19H,5-6,8,10-12H2,1-2H3,(H3,26,27,28,29,30,31). The first kappa shape index (κ1) is 22.8. The number of aromatic nitrogens is 6. The Kier molecular flexibility index (Phi) is 6.85. The van der Waals surface area contributed by atoms with Gasteiger partial charge in [-0.1, -0.05) is 11.2 Å². The summed E-state index contributed by atoms with van der Waals surface area (Å²) in [5.41, 5.74) is 2.47. The molecule has 0 radical (unpaired) electrons. The number of H-pyrrole nitrogens is 1. The van der Waals surface area contributed by atoms with E-state index < -0.39 is 0 Å². The second kappa shape index (κ2) is 10.5. The van der Waals surface area contributed by atoms with Gasteiger partial charge in [0.15, 0.2) is 11.6 Å². The van der Waals surface area contributed by atoms with Gasteiger partial charge in [0.1, 0.15) is 17.3 Å². The van der Waals surface area contributed by atoms with E-state index in [2.05, 4.69) is 35.9 Å². The molecule has 0 spiro atoms. The highest BCUT2D eigenvalue weighted by atomic mass is 16.5. The van der Waals surface area contributed by atoms with Crippen LogP contribution in [0.2, 0.25) is 0 Å².